The summed E-state index contributed by atoms with van der Waals surface area (Å²) in [6.45, 7) is 0.729. The van der Waals surface area contributed by atoms with Crippen molar-refractivity contribution in [2.75, 3.05) is 26.3 Å². The van der Waals surface area contributed by atoms with E-state index in [4.69, 9.17) is 38.4 Å². The predicted octanol–water partition coefficient (Wildman–Crippen LogP) is 2.47. The molecule has 2 aromatic carbocycles. The summed E-state index contributed by atoms with van der Waals surface area (Å²) in [6, 6.07) is 8.58. The molecule has 3 rings (SSSR count). The van der Waals surface area contributed by atoms with Crippen molar-refractivity contribution in [2.24, 2.45) is 5.73 Å². The lowest BCUT2D eigenvalue weighted by atomic mass is 10.1. The van der Waals surface area contributed by atoms with Crippen molar-refractivity contribution >= 4 is 45.1 Å². The monoisotopic (exact) mass is 472 g/mol. The highest BCUT2D eigenvalue weighted by molar-refractivity contribution is 7.89. The molecule has 160 valence electrons. The molecule has 0 spiro atoms. The van der Waals surface area contributed by atoms with Crippen LogP contribution in [0.5, 0.6) is 0 Å². The van der Waals surface area contributed by atoms with Gasteiger partial charge in [0.25, 0.3) is 0 Å². The average Bonchev–Trinajstić information content (AvgIpc) is 2.72. The number of carbonyl (C=O) groups is 2. The van der Waals surface area contributed by atoms with Gasteiger partial charge in [-0.25, -0.2) is 13.2 Å². The smallest absolute Gasteiger partial charge is 0.340 e. The van der Waals surface area contributed by atoms with E-state index in [-0.39, 0.29) is 59.0 Å². The first-order valence-corrected chi connectivity index (χ1v) is 11.0. The topological polar surface area (TPSA) is 116 Å². The molecule has 1 saturated heterocycles. The third kappa shape index (κ3) is 4.93. The summed E-state index contributed by atoms with van der Waals surface area (Å²) in [5, 5.41) is -0.144. The first-order chi connectivity index (χ1) is 14.2. The van der Waals surface area contributed by atoms with Crippen molar-refractivity contribution in [2.45, 2.75) is 11.5 Å². The highest BCUT2D eigenvalue weighted by atomic mass is 35.5. The molecular formula is C19H18Cl2N2O6S. The number of benzene rings is 2. The number of sulfonamides is 1. The molecule has 0 radical (unpaired) electrons. The number of morpholine rings is 1. The Morgan fingerprint density at radius 1 is 1.10 bits per heavy atom. The summed E-state index contributed by atoms with van der Waals surface area (Å²) in [7, 11) is -3.94. The lowest BCUT2D eigenvalue weighted by molar-refractivity contribution is 0.0472. The zero-order valence-electron chi connectivity index (χ0n) is 15.6. The number of ether oxygens (including phenoxy) is 2. The van der Waals surface area contributed by atoms with E-state index >= 15 is 0 Å². The Morgan fingerprint density at radius 3 is 2.47 bits per heavy atom. The fourth-order valence-corrected chi connectivity index (χ4v) is 5.08. The number of rotatable bonds is 6. The number of esters is 1. The highest BCUT2D eigenvalue weighted by Gasteiger charge is 2.30. The predicted molar refractivity (Wildman–Crippen MR) is 110 cm³/mol. The molecule has 0 unspecified atom stereocenters. The van der Waals surface area contributed by atoms with E-state index in [9.17, 15) is 18.0 Å². The van der Waals surface area contributed by atoms with Crippen LogP contribution in [0.15, 0.2) is 41.3 Å². The van der Waals surface area contributed by atoms with E-state index in [1.165, 1.54) is 22.5 Å². The largest absolute Gasteiger partial charge is 0.457 e. The molecule has 0 saturated carbocycles. The fourth-order valence-electron chi connectivity index (χ4n) is 2.85. The second kappa shape index (κ2) is 9.32. The number of hydrogen-bond donors (Lipinski definition) is 1. The van der Waals surface area contributed by atoms with Crippen LogP contribution in [0.1, 0.15) is 26.3 Å². The van der Waals surface area contributed by atoms with Crippen molar-refractivity contribution in [3.05, 3.63) is 63.1 Å². The third-order valence-electron chi connectivity index (χ3n) is 4.41. The average molecular weight is 473 g/mol. The van der Waals surface area contributed by atoms with Gasteiger partial charge in [-0.2, -0.15) is 4.31 Å². The number of halogens is 2. The molecule has 2 aromatic rings. The Labute approximate surface area is 183 Å². The van der Waals surface area contributed by atoms with E-state index in [0.717, 1.165) is 6.07 Å². The molecule has 1 amide bonds. The maximum Gasteiger partial charge on any atom is 0.340 e. The number of amides is 1. The standard InChI is InChI=1S/C19H18Cl2N2O6S/c20-15-10-16(21)17(30(26,27)23-4-6-28-7-5-23)9-14(15)19(25)29-11-12-2-1-3-13(8-12)18(22)24/h1-3,8-10H,4-7,11H2,(H2,22,24). The molecule has 0 bridgehead atoms. The molecule has 2 N–H and O–H groups in total. The van der Waals surface area contributed by atoms with Crippen molar-refractivity contribution in [3.63, 3.8) is 0 Å². The third-order valence-corrected chi connectivity index (χ3v) is 7.09. The molecule has 0 aromatic heterocycles. The van der Waals surface area contributed by atoms with Gasteiger partial charge in [-0.3, -0.25) is 4.79 Å². The van der Waals surface area contributed by atoms with Gasteiger partial charge in [0.15, 0.2) is 0 Å². The minimum atomic E-state index is -3.94. The van der Waals surface area contributed by atoms with Gasteiger partial charge in [-0.1, -0.05) is 35.3 Å². The van der Waals surface area contributed by atoms with E-state index in [1.54, 1.807) is 12.1 Å². The Bertz CT molecular complexity index is 1080. The first kappa shape index (κ1) is 22.5. The zero-order valence-corrected chi connectivity index (χ0v) is 18.0. The normalized spacial score (nSPS) is 15.0. The lowest BCUT2D eigenvalue weighted by Crippen LogP contribution is -2.40. The number of nitrogens with two attached hydrogens (primary N) is 1. The summed E-state index contributed by atoms with van der Waals surface area (Å²) in [5.74, 6) is -1.44. The van der Waals surface area contributed by atoms with Crippen LogP contribution in [-0.4, -0.2) is 50.9 Å². The Hall–Kier alpha value is -2.17. The SMILES string of the molecule is NC(=O)c1cccc(COC(=O)c2cc(S(=O)(=O)N3CCOCC3)c(Cl)cc2Cl)c1. The summed E-state index contributed by atoms with van der Waals surface area (Å²) >= 11 is 12.2. The lowest BCUT2D eigenvalue weighted by Gasteiger charge is -2.26. The van der Waals surface area contributed by atoms with E-state index in [1.807, 2.05) is 0 Å². The van der Waals surface area contributed by atoms with Crippen LogP contribution in [-0.2, 0) is 26.1 Å². The molecule has 11 heteroatoms. The van der Waals surface area contributed by atoms with Gasteiger partial charge in [0, 0.05) is 18.7 Å². The van der Waals surface area contributed by atoms with E-state index in [0.29, 0.717) is 5.56 Å². The van der Waals surface area contributed by atoms with E-state index < -0.39 is 21.9 Å². The summed E-state index contributed by atoms with van der Waals surface area (Å²) in [6.07, 6.45) is 0. The van der Waals surface area contributed by atoms with Gasteiger partial charge in [0.05, 0.1) is 28.8 Å². The maximum atomic E-state index is 12.9. The zero-order chi connectivity index (χ0) is 21.9. The van der Waals surface area contributed by atoms with Crippen LogP contribution in [0.25, 0.3) is 0 Å². The summed E-state index contributed by atoms with van der Waals surface area (Å²) in [4.78, 5) is 23.6. The van der Waals surface area contributed by atoms with Gasteiger partial charge in [0.2, 0.25) is 15.9 Å². The van der Waals surface area contributed by atoms with Crippen LogP contribution >= 0.6 is 23.2 Å². The molecule has 0 aliphatic carbocycles. The second-order valence-electron chi connectivity index (χ2n) is 6.42. The minimum absolute atomic E-state index is 0.0446. The van der Waals surface area contributed by atoms with Crippen LogP contribution in [0, 0.1) is 0 Å². The van der Waals surface area contributed by atoms with Gasteiger partial charge < -0.3 is 15.2 Å². The Morgan fingerprint density at radius 2 is 1.80 bits per heavy atom. The van der Waals surface area contributed by atoms with Crippen molar-refractivity contribution < 1.29 is 27.5 Å². The van der Waals surface area contributed by atoms with Crippen molar-refractivity contribution in [1.29, 1.82) is 0 Å². The molecule has 1 aliphatic rings. The van der Waals surface area contributed by atoms with Crippen LogP contribution < -0.4 is 5.73 Å². The molecule has 1 fully saturated rings. The number of carbonyl (C=O) groups excluding carboxylic acids is 2. The fraction of sp³-hybridized carbons (Fsp3) is 0.263. The molecule has 1 heterocycles. The van der Waals surface area contributed by atoms with Crippen LogP contribution in [0.3, 0.4) is 0 Å². The van der Waals surface area contributed by atoms with Gasteiger partial charge in [-0.15, -0.1) is 0 Å². The molecule has 30 heavy (non-hydrogen) atoms. The van der Waals surface area contributed by atoms with Crippen molar-refractivity contribution in [3.8, 4) is 0 Å². The van der Waals surface area contributed by atoms with Crippen molar-refractivity contribution in [1.82, 2.24) is 4.31 Å². The maximum absolute atomic E-state index is 12.9. The number of primary amides is 1. The second-order valence-corrected chi connectivity index (χ2v) is 9.14. The highest BCUT2D eigenvalue weighted by Crippen LogP contribution is 2.31. The Balaban J connectivity index is 1.83. The van der Waals surface area contributed by atoms with E-state index in [2.05, 4.69) is 0 Å². The van der Waals surface area contributed by atoms with Crippen LogP contribution in [0.4, 0.5) is 0 Å². The number of hydrogen-bond acceptors (Lipinski definition) is 6. The molecule has 0 atom stereocenters. The van der Waals surface area contributed by atoms with Gasteiger partial charge >= 0.3 is 5.97 Å². The van der Waals surface area contributed by atoms with Gasteiger partial charge in [-0.05, 0) is 29.8 Å². The number of nitrogens with zero attached hydrogens (tertiary/aromatic N) is 1. The molecular weight excluding hydrogens is 455 g/mol. The first-order valence-electron chi connectivity index (χ1n) is 8.83. The molecule has 1 aliphatic heterocycles. The quantitative estimate of drug-likeness (QED) is 0.645. The Kier molecular flexibility index (Phi) is 6.99. The van der Waals surface area contributed by atoms with Crippen LogP contribution in [0.2, 0.25) is 10.0 Å². The summed E-state index contributed by atoms with van der Waals surface area (Å²) in [5.41, 5.74) is 5.90. The summed E-state index contributed by atoms with van der Waals surface area (Å²) < 4.78 is 37.5. The molecule has 8 nitrogen and oxygen atoms in total. The minimum Gasteiger partial charge on any atom is -0.457 e. The van der Waals surface area contributed by atoms with Gasteiger partial charge in [0.1, 0.15) is 11.5 Å².